The summed E-state index contributed by atoms with van der Waals surface area (Å²) in [6.07, 6.45) is 2.15. The second kappa shape index (κ2) is 7.33. The number of rotatable bonds is 6. The standard InChI is InChI=1S/C15H17FN4O/c1-2-3-10-17-14-9-8-13(19-20-14)15(21)18-12-6-4-11(16)5-7-12/h4-9H,2-3,10H2,1H3,(H,17,20)(H,18,21). The van der Waals surface area contributed by atoms with Crippen LogP contribution in [-0.4, -0.2) is 22.6 Å². The summed E-state index contributed by atoms with van der Waals surface area (Å²) in [5, 5.41) is 13.6. The van der Waals surface area contributed by atoms with Crippen molar-refractivity contribution in [3.05, 3.63) is 47.9 Å². The van der Waals surface area contributed by atoms with Crippen molar-refractivity contribution >= 4 is 17.4 Å². The Hall–Kier alpha value is -2.50. The maximum Gasteiger partial charge on any atom is 0.276 e. The molecule has 0 aliphatic heterocycles. The van der Waals surface area contributed by atoms with Crippen LogP contribution in [0.15, 0.2) is 36.4 Å². The molecule has 0 saturated carbocycles. The first kappa shape index (κ1) is 14.9. The molecule has 5 nitrogen and oxygen atoms in total. The molecule has 0 fully saturated rings. The Morgan fingerprint density at radius 2 is 1.90 bits per heavy atom. The number of halogens is 1. The van der Waals surface area contributed by atoms with E-state index in [2.05, 4.69) is 27.8 Å². The average Bonchev–Trinajstić information content (AvgIpc) is 2.50. The molecular formula is C15H17FN4O. The Balaban J connectivity index is 1.94. The molecule has 0 aliphatic carbocycles. The summed E-state index contributed by atoms with van der Waals surface area (Å²) in [6.45, 7) is 2.93. The fraction of sp³-hybridized carbons (Fsp3) is 0.267. The van der Waals surface area contributed by atoms with Gasteiger partial charge in [-0.25, -0.2) is 4.39 Å². The molecule has 1 aromatic heterocycles. The number of aromatic nitrogens is 2. The van der Waals surface area contributed by atoms with Gasteiger partial charge < -0.3 is 10.6 Å². The fourth-order valence-electron chi connectivity index (χ4n) is 1.67. The second-order valence-corrected chi connectivity index (χ2v) is 4.55. The van der Waals surface area contributed by atoms with E-state index >= 15 is 0 Å². The summed E-state index contributed by atoms with van der Waals surface area (Å²) in [5.74, 6) is -0.0914. The number of anilines is 2. The first-order valence-corrected chi connectivity index (χ1v) is 6.83. The Kier molecular flexibility index (Phi) is 5.20. The van der Waals surface area contributed by atoms with Crippen LogP contribution in [0.2, 0.25) is 0 Å². The van der Waals surface area contributed by atoms with Gasteiger partial charge in [0, 0.05) is 12.2 Å². The maximum atomic E-state index is 12.8. The molecule has 0 spiro atoms. The highest BCUT2D eigenvalue weighted by molar-refractivity contribution is 6.02. The zero-order valence-corrected chi connectivity index (χ0v) is 11.8. The molecule has 1 heterocycles. The number of benzene rings is 1. The molecule has 2 N–H and O–H groups in total. The highest BCUT2D eigenvalue weighted by Gasteiger charge is 2.08. The first-order chi connectivity index (χ1) is 10.2. The van der Waals surface area contributed by atoms with Crippen LogP contribution in [0, 0.1) is 5.82 Å². The Bertz CT molecular complexity index is 584. The predicted molar refractivity (Wildman–Crippen MR) is 79.8 cm³/mol. The molecule has 1 amide bonds. The molecule has 0 atom stereocenters. The van der Waals surface area contributed by atoms with E-state index in [0.29, 0.717) is 11.5 Å². The number of carbonyl (C=O) groups excluding carboxylic acids is 1. The minimum atomic E-state index is -0.380. The lowest BCUT2D eigenvalue weighted by Gasteiger charge is -2.06. The largest absolute Gasteiger partial charge is 0.369 e. The van der Waals surface area contributed by atoms with Crippen LogP contribution in [0.3, 0.4) is 0 Å². The Labute approximate surface area is 122 Å². The summed E-state index contributed by atoms with van der Waals surface area (Å²) in [4.78, 5) is 11.9. The van der Waals surface area contributed by atoms with Gasteiger partial charge >= 0.3 is 0 Å². The van der Waals surface area contributed by atoms with Gasteiger partial charge in [0.2, 0.25) is 0 Å². The third kappa shape index (κ3) is 4.52. The lowest BCUT2D eigenvalue weighted by atomic mass is 10.3. The van der Waals surface area contributed by atoms with Crippen molar-refractivity contribution in [3.8, 4) is 0 Å². The van der Waals surface area contributed by atoms with Crippen LogP contribution < -0.4 is 10.6 Å². The van der Waals surface area contributed by atoms with E-state index in [1.54, 1.807) is 12.1 Å². The summed E-state index contributed by atoms with van der Waals surface area (Å²) in [6, 6.07) is 8.84. The van der Waals surface area contributed by atoms with Gasteiger partial charge in [-0.3, -0.25) is 4.79 Å². The van der Waals surface area contributed by atoms with E-state index in [9.17, 15) is 9.18 Å². The monoisotopic (exact) mass is 288 g/mol. The number of amides is 1. The van der Waals surface area contributed by atoms with Crippen LogP contribution >= 0.6 is 0 Å². The Morgan fingerprint density at radius 3 is 2.52 bits per heavy atom. The normalized spacial score (nSPS) is 10.2. The van der Waals surface area contributed by atoms with Crippen LogP contribution in [0.5, 0.6) is 0 Å². The molecule has 1 aromatic carbocycles. The van der Waals surface area contributed by atoms with Gasteiger partial charge in [0.15, 0.2) is 5.69 Å². The molecule has 0 bridgehead atoms. The molecule has 0 radical (unpaired) electrons. The molecule has 2 rings (SSSR count). The lowest BCUT2D eigenvalue weighted by molar-refractivity contribution is 0.102. The van der Waals surface area contributed by atoms with Crippen molar-refractivity contribution in [2.24, 2.45) is 0 Å². The number of hydrogen-bond acceptors (Lipinski definition) is 4. The van der Waals surface area contributed by atoms with Crippen molar-refractivity contribution in [1.29, 1.82) is 0 Å². The third-order valence-electron chi connectivity index (χ3n) is 2.84. The molecule has 6 heteroatoms. The van der Waals surface area contributed by atoms with Gasteiger partial charge in [0.25, 0.3) is 5.91 Å². The minimum absolute atomic E-state index is 0.209. The van der Waals surface area contributed by atoms with Crippen LogP contribution in [0.1, 0.15) is 30.3 Å². The zero-order chi connectivity index (χ0) is 15.1. The van der Waals surface area contributed by atoms with E-state index < -0.39 is 0 Å². The lowest BCUT2D eigenvalue weighted by Crippen LogP contribution is -2.15. The highest BCUT2D eigenvalue weighted by atomic mass is 19.1. The van der Waals surface area contributed by atoms with E-state index in [0.717, 1.165) is 19.4 Å². The molecule has 21 heavy (non-hydrogen) atoms. The number of carbonyl (C=O) groups is 1. The van der Waals surface area contributed by atoms with Crippen LogP contribution in [0.25, 0.3) is 0 Å². The van der Waals surface area contributed by atoms with Gasteiger partial charge in [-0.05, 0) is 42.8 Å². The molecule has 0 unspecified atom stereocenters. The van der Waals surface area contributed by atoms with Crippen LogP contribution in [-0.2, 0) is 0 Å². The third-order valence-corrected chi connectivity index (χ3v) is 2.84. The van der Waals surface area contributed by atoms with Gasteiger partial charge in [0.1, 0.15) is 11.6 Å². The van der Waals surface area contributed by atoms with Crippen molar-refractivity contribution < 1.29 is 9.18 Å². The topological polar surface area (TPSA) is 66.9 Å². The van der Waals surface area contributed by atoms with E-state index in [1.807, 2.05) is 0 Å². The van der Waals surface area contributed by atoms with Gasteiger partial charge in [-0.2, -0.15) is 0 Å². The summed E-state index contributed by atoms with van der Waals surface area (Å²) in [5.41, 5.74) is 0.716. The second-order valence-electron chi connectivity index (χ2n) is 4.55. The maximum absolute atomic E-state index is 12.8. The van der Waals surface area contributed by atoms with Gasteiger partial charge in [0.05, 0.1) is 0 Å². The minimum Gasteiger partial charge on any atom is -0.369 e. The fourth-order valence-corrected chi connectivity index (χ4v) is 1.67. The molecular weight excluding hydrogens is 271 g/mol. The molecule has 0 aliphatic rings. The van der Waals surface area contributed by atoms with Crippen molar-refractivity contribution in [2.45, 2.75) is 19.8 Å². The number of hydrogen-bond donors (Lipinski definition) is 2. The smallest absolute Gasteiger partial charge is 0.276 e. The number of nitrogens with zero attached hydrogens (tertiary/aromatic N) is 2. The predicted octanol–water partition coefficient (Wildman–Crippen LogP) is 3.08. The van der Waals surface area contributed by atoms with E-state index in [4.69, 9.17) is 0 Å². The van der Waals surface area contributed by atoms with Crippen molar-refractivity contribution in [2.75, 3.05) is 17.2 Å². The Morgan fingerprint density at radius 1 is 1.14 bits per heavy atom. The summed E-state index contributed by atoms with van der Waals surface area (Å²) < 4.78 is 12.8. The van der Waals surface area contributed by atoms with E-state index in [-0.39, 0.29) is 17.4 Å². The highest BCUT2D eigenvalue weighted by Crippen LogP contribution is 2.10. The average molecular weight is 288 g/mol. The zero-order valence-electron chi connectivity index (χ0n) is 11.8. The van der Waals surface area contributed by atoms with Gasteiger partial charge in [-0.1, -0.05) is 13.3 Å². The van der Waals surface area contributed by atoms with Crippen molar-refractivity contribution in [3.63, 3.8) is 0 Å². The number of nitrogens with one attached hydrogen (secondary N) is 2. The van der Waals surface area contributed by atoms with Crippen molar-refractivity contribution in [1.82, 2.24) is 10.2 Å². The molecule has 2 aromatic rings. The number of unbranched alkanes of at least 4 members (excludes halogenated alkanes) is 1. The molecule has 0 saturated heterocycles. The summed E-state index contributed by atoms with van der Waals surface area (Å²) in [7, 11) is 0. The first-order valence-electron chi connectivity index (χ1n) is 6.83. The van der Waals surface area contributed by atoms with Gasteiger partial charge in [-0.15, -0.1) is 10.2 Å². The van der Waals surface area contributed by atoms with Crippen LogP contribution in [0.4, 0.5) is 15.9 Å². The summed E-state index contributed by atoms with van der Waals surface area (Å²) >= 11 is 0. The van der Waals surface area contributed by atoms with E-state index in [1.165, 1.54) is 24.3 Å². The quantitative estimate of drug-likeness (QED) is 0.802. The SMILES string of the molecule is CCCCNc1ccc(C(=O)Nc2ccc(F)cc2)nn1. The molecule has 110 valence electrons.